The van der Waals surface area contributed by atoms with Crippen LogP contribution in [0, 0.1) is 5.92 Å². The van der Waals surface area contributed by atoms with Crippen molar-refractivity contribution in [2.24, 2.45) is 5.92 Å². The van der Waals surface area contributed by atoms with E-state index in [0.29, 0.717) is 23.5 Å². The van der Waals surface area contributed by atoms with Crippen LogP contribution >= 0.6 is 0 Å². The van der Waals surface area contributed by atoms with Crippen molar-refractivity contribution in [3.05, 3.63) is 72.6 Å². The summed E-state index contributed by atoms with van der Waals surface area (Å²) in [5.41, 5.74) is 2.50. The highest BCUT2D eigenvalue weighted by Gasteiger charge is 2.09. The summed E-state index contributed by atoms with van der Waals surface area (Å²) in [6.07, 6.45) is 3.01. The number of aromatic nitrogens is 2. The fourth-order valence-electron chi connectivity index (χ4n) is 2.46. The van der Waals surface area contributed by atoms with E-state index < -0.39 is 6.09 Å². The molecule has 0 bridgehead atoms. The van der Waals surface area contributed by atoms with Crippen molar-refractivity contribution < 1.29 is 14.3 Å². The van der Waals surface area contributed by atoms with E-state index in [0.717, 1.165) is 5.69 Å². The summed E-state index contributed by atoms with van der Waals surface area (Å²) in [7, 11) is 0. The topological polar surface area (TPSA) is 85.3 Å². The van der Waals surface area contributed by atoms with Crippen LogP contribution in [0.4, 0.5) is 16.2 Å². The van der Waals surface area contributed by atoms with Gasteiger partial charge in [0.25, 0.3) is 5.91 Å². The summed E-state index contributed by atoms with van der Waals surface area (Å²) in [6.45, 7) is 4.27. The number of carbonyl (C=O) groups is 2. The molecule has 0 fully saturated rings. The van der Waals surface area contributed by atoms with Crippen LogP contribution in [0.2, 0.25) is 0 Å². The lowest BCUT2D eigenvalue weighted by atomic mass is 10.2. The average molecular weight is 378 g/mol. The first-order chi connectivity index (χ1) is 13.5. The first kappa shape index (κ1) is 19.2. The summed E-state index contributed by atoms with van der Waals surface area (Å²) >= 11 is 0. The fourth-order valence-corrected chi connectivity index (χ4v) is 2.46. The SMILES string of the molecule is CC(C)COC(=O)Nc1cccc(NC(=O)c2ccc(-n3cccn3)cc2)c1. The molecule has 3 aromatic rings. The lowest BCUT2D eigenvalue weighted by Crippen LogP contribution is -2.17. The van der Waals surface area contributed by atoms with Crippen molar-refractivity contribution >= 4 is 23.4 Å². The first-order valence-corrected chi connectivity index (χ1v) is 8.96. The third kappa shape index (κ3) is 5.20. The number of nitrogens with one attached hydrogen (secondary N) is 2. The van der Waals surface area contributed by atoms with Gasteiger partial charge in [-0.2, -0.15) is 5.10 Å². The van der Waals surface area contributed by atoms with Gasteiger partial charge in [-0.3, -0.25) is 10.1 Å². The molecule has 0 unspecified atom stereocenters. The molecular weight excluding hydrogens is 356 g/mol. The molecule has 0 radical (unpaired) electrons. The van der Waals surface area contributed by atoms with Gasteiger partial charge in [-0.05, 0) is 54.4 Å². The zero-order valence-electron chi connectivity index (χ0n) is 15.8. The lowest BCUT2D eigenvalue weighted by Gasteiger charge is -2.11. The smallest absolute Gasteiger partial charge is 0.411 e. The minimum Gasteiger partial charge on any atom is -0.449 e. The molecule has 7 nitrogen and oxygen atoms in total. The Hall–Kier alpha value is -3.61. The highest BCUT2D eigenvalue weighted by atomic mass is 16.5. The summed E-state index contributed by atoms with van der Waals surface area (Å²) in [6, 6.07) is 15.8. The molecular formula is C21H22N4O3. The van der Waals surface area contributed by atoms with E-state index in [1.165, 1.54) is 0 Å². The zero-order valence-corrected chi connectivity index (χ0v) is 15.8. The van der Waals surface area contributed by atoms with Crippen LogP contribution in [0.25, 0.3) is 5.69 Å². The maximum Gasteiger partial charge on any atom is 0.411 e. The van der Waals surface area contributed by atoms with E-state index in [9.17, 15) is 9.59 Å². The Morgan fingerprint density at radius 3 is 2.39 bits per heavy atom. The van der Waals surface area contributed by atoms with Gasteiger partial charge in [0.1, 0.15) is 0 Å². The molecule has 7 heteroatoms. The maximum atomic E-state index is 12.5. The van der Waals surface area contributed by atoms with Crippen LogP contribution in [-0.4, -0.2) is 28.4 Å². The van der Waals surface area contributed by atoms with Gasteiger partial charge in [0.15, 0.2) is 0 Å². The fraction of sp³-hybridized carbons (Fsp3) is 0.190. The standard InChI is InChI=1S/C21H22N4O3/c1-15(2)14-28-21(27)24-18-6-3-5-17(13-18)23-20(26)16-7-9-19(10-8-16)25-12-4-11-22-25/h3-13,15H,14H2,1-2H3,(H,23,26)(H,24,27). The van der Waals surface area contributed by atoms with Crippen LogP contribution < -0.4 is 10.6 Å². The van der Waals surface area contributed by atoms with Crippen molar-refractivity contribution in [2.75, 3.05) is 17.2 Å². The molecule has 0 aliphatic heterocycles. The molecule has 2 aromatic carbocycles. The molecule has 0 atom stereocenters. The van der Waals surface area contributed by atoms with E-state index in [4.69, 9.17) is 4.74 Å². The van der Waals surface area contributed by atoms with Crippen molar-refractivity contribution in [2.45, 2.75) is 13.8 Å². The summed E-state index contributed by atoms with van der Waals surface area (Å²) in [5, 5.41) is 9.63. The van der Waals surface area contributed by atoms with E-state index in [2.05, 4.69) is 15.7 Å². The van der Waals surface area contributed by atoms with E-state index in [1.807, 2.05) is 38.2 Å². The van der Waals surface area contributed by atoms with Gasteiger partial charge < -0.3 is 10.1 Å². The van der Waals surface area contributed by atoms with E-state index in [1.54, 1.807) is 47.3 Å². The third-order valence-electron chi connectivity index (χ3n) is 3.81. The molecule has 0 saturated heterocycles. The van der Waals surface area contributed by atoms with Crippen LogP contribution in [-0.2, 0) is 4.74 Å². The van der Waals surface area contributed by atoms with Gasteiger partial charge in [0.05, 0.1) is 12.3 Å². The third-order valence-corrected chi connectivity index (χ3v) is 3.81. The average Bonchev–Trinajstić information content (AvgIpc) is 3.21. The predicted octanol–water partition coefficient (Wildman–Crippen LogP) is 4.33. The second-order valence-electron chi connectivity index (χ2n) is 6.65. The molecule has 0 aliphatic carbocycles. The Kier molecular flexibility index (Phi) is 6.06. The Morgan fingerprint density at radius 1 is 1.04 bits per heavy atom. The van der Waals surface area contributed by atoms with Crippen molar-refractivity contribution in [3.63, 3.8) is 0 Å². The molecule has 1 aromatic heterocycles. The lowest BCUT2D eigenvalue weighted by molar-refractivity contribution is 0.102. The number of anilines is 2. The van der Waals surface area contributed by atoms with Gasteiger partial charge in [-0.1, -0.05) is 19.9 Å². The van der Waals surface area contributed by atoms with Crippen LogP contribution in [0.1, 0.15) is 24.2 Å². The number of benzene rings is 2. The summed E-state index contributed by atoms with van der Waals surface area (Å²) in [5.74, 6) is 0.0163. The highest BCUT2D eigenvalue weighted by Crippen LogP contribution is 2.17. The van der Waals surface area contributed by atoms with Crippen LogP contribution in [0.5, 0.6) is 0 Å². The number of ether oxygens (including phenoxy) is 1. The monoisotopic (exact) mass is 378 g/mol. The van der Waals surface area contributed by atoms with Gasteiger partial charge in [0, 0.05) is 29.3 Å². The maximum absolute atomic E-state index is 12.5. The predicted molar refractivity (Wildman–Crippen MR) is 108 cm³/mol. The van der Waals surface area contributed by atoms with Gasteiger partial charge in [-0.25, -0.2) is 9.48 Å². The molecule has 144 valence electrons. The largest absolute Gasteiger partial charge is 0.449 e. The molecule has 2 N–H and O–H groups in total. The number of hydrogen-bond acceptors (Lipinski definition) is 4. The summed E-state index contributed by atoms with van der Waals surface area (Å²) < 4.78 is 6.81. The van der Waals surface area contributed by atoms with E-state index >= 15 is 0 Å². The summed E-state index contributed by atoms with van der Waals surface area (Å²) in [4.78, 5) is 24.3. The molecule has 2 amide bonds. The Morgan fingerprint density at radius 2 is 1.75 bits per heavy atom. The minimum atomic E-state index is -0.522. The Balaban J connectivity index is 1.61. The highest BCUT2D eigenvalue weighted by molar-refractivity contribution is 6.04. The van der Waals surface area contributed by atoms with Gasteiger partial charge in [-0.15, -0.1) is 0 Å². The second kappa shape index (κ2) is 8.85. The van der Waals surface area contributed by atoms with Gasteiger partial charge >= 0.3 is 6.09 Å². The molecule has 1 heterocycles. The normalized spacial score (nSPS) is 10.5. The molecule has 28 heavy (non-hydrogen) atoms. The van der Waals surface area contributed by atoms with Crippen LogP contribution in [0.15, 0.2) is 67.0 Å². The number of nitrogens with zero attached hydrogens (tertiary/aromatic N) is 2. The van der Waals surface area contributed by atoms with Crippen molar-refractivity contribution in [1.29, 1.82) is 0 Å². The van der Waals surface area contributed by atoms with Crippen LogP contribution in [0.3, 0.4) is 0 Å². The number of hydrogen-bond donors (Lipinski definition) is 2. The molecule has 3 rings (SSSR count). The van der Waals surface area contributed by atoms with Crippen molar-refractivity contribution in [3.8, 4) is 5.69 Å². The molecule has 0 aliphatic rings. The second-order valence-corrected chi connectivity index (χ2v) is 6.65. The Labute approximate surface area is 163 Å². The number of rotatable bonds is 6. The van der Waals surface area contributed by atoms with Gasteiger partial charge in [0.2, 0.25) is 0 Å². The number of carbonyl (C=O) groups excluding carboxylic acids is 2. The quantitative estimate of drug-likeness (QED) is 0.669. The number of amides is 2. The molecule has 0 spiro atoms. The molecule has 0 saturated carbocycles. The minimum absolute atomic E-state index is 0.244. The zero-order chi connectivity index (χ0) is 19.9. The van der Waals surface area contributed by atoms with E-state index in [-0.39, 0.29) is 11.8 Å². The Bertz CT molecular complexity index is 935. The first-order valence-electron chi connectivity index (χ1n) is 8.96. The van der Waals surface area contributed by atoms with Crippen molar-refractivity contribution in [1.82, 2.24) is 9.78 Å².